The molecule has 0 heterocycles. The molecule has 2 N–H and O–H groups in total. The zero-order valence-electron chi connectivity index (χ0n) is 10.3. The Labute approximate surface area is 111 Å². The van der Waals surface area contributed by atoms with Crippen LogP contribution >= 0.6 is 0 Å². The number of hydrogen-bond donors (Lipinski definition) is 1. The van der Waals surface area contributed by atoms with Crippen molar-refractivity contribution in [2.75, 3.05) is 5.73 Å². The number of anilines is 1. The van der Waals surface area contributed by atoms with Crippen LogP contribution in [0.3, 0.4) is 0 Å². The fraction of sp³-hybridized carbons (Fsp3) is 0.0714. The van der Waals surface area contributed by atoms with Crippen LogP contribution in [-0.2, 0) is 0 Å². The van der Waals surface area contributed by atoms with Crippen LogP contribution in [0.4, 0.5) is 23.2 Å². The number of nitrogens with two attached hydrogens (primary N) is 1. The first-order valence-electron chi connectivity index (χ1n) is 5.56. The van der Waals surface area contributed by atoms with Crippen molar-refractivity contribution in [3.8, 4) is 0 Å². The Bertz CT molecular complexity index is 713. The third kappa shape index (κ3) is 2.36. The maximum absolute atomic E-state index is 13.7. The van der Waals surface area contributed by atoms with Gasteiger partial charge in [-0.1, -0.05) is 0 Å². The van der Waals surface area contributed by atoms with E-state index in [1.807, 2.05) is 0 Å². The molecular formula is C14H9F4NO. The molecule has 0 radical (unpaired) electrons. The molecule has 0 aliphatic rings. The van der Waals surface area contributed by atoms with Crippen molar-refractivity contribution in [3.63, 3.8) is 0 Å². The summed E-state index contributed by atoms with van der Waals surface area (Å²) in [4.78, 5) is 12.0. The largest absolute Gasteiger partial charge is 0.396 e. The number of halogens is 4. The summed E-state index contributed by atoms with van der Waals surface area (Å²) < 4.78 is 53.9. The monoisotopic (exact) mass is 283 g/mol. The smallest absolute Gasteiger partial charge is 0.199 e. The SMILES string of the molecule is Cc1cc(F)c(C(=O)c2cc(F)cc(N)c2F)cc1F. The third-order valence-electron chi connectivity index (χ3n) is 2.80. The summed E-state index contributed by atoms with van der Waals surface area (Å²) >= 11 is 0. The van der Waals surface area contributed by atoms with E-state index < -0.39 is 45.9 Å². The molecule has 0 atom stereocenters. The number of benzene rings is 2. The van der Waals surface area contributed by atoms with Crippen molar-refractivity contribution in [2.45, 2.75) is 6.92 Å². The summed E-state index contributed by atoms with van der Waals surface area (Å²) in [6.45, 7) is 1.31. The van der Waals surface area contributed by atoms with Crippen molar-refractivity contribution < 1.29 is 22.4 Å². The Kier molecular flexibility index (Phi) is 3.48. The van der Waals surface area contributed by atoms with Crippen LogP contribution in [0.2, 0.25) is 0 Å². The minimum Gasteiger partial charge on any atom is -0.396 e. The Morgan fingerprint density at radius 1 is 0.950 bits per heavy atom. The molecule has 0 bridgehead atoms. The molecule has 6 heteroatoms. The molecule has 0 unspecified atom stereocenters. The highest BCUT2D eigenvalue weighted by Crippen LogP contribution is 2.23. The van der Waals surface area contributed by atoms with Crippen molar-refractivity contribution in [1.82, 2.24) is 0 Å². The molecule has 0 amide bonds. The molecule has 0 aliphatic heterocycles. The Morgan fingerprint density at radius 2 is 1.60 bits per heavy atom. The number of ketones is 1. The van der Waals surface area contributed by atoms with Gasteiger partial charge in [-0.15, -0.1) is 0 Å². The van der Waals surface area contributed by atoms with Crippen LogP contribution in [0.25, 0.3) is 0 Å². The van der Waals surface area contributed by atoms with E-state index in [9.17, 15) is 22.4 Å². The predicted octanol–water partition coefficient (Wildman–Crippen LogP) is 3.36. The Morgan fingerprint density at radius 3 is 2.25 bits per heavy atom. The van der Waals surface area contributed by atoms with Crippen LogP contribution in [0.1, 0.15) is 21.5 Å². The second-order valence-electron chi connectivity index (χ2n) is 4.27. The highest BCUT2D eigenvalue weighted by atomic mass is 19.1. The second kappa shape index (κ2) is 4.96. The summed E-state index contributed by atoms with van der Waals surface area (Å²) in [6, 6.07) is 2.74. The summed E-state index contributed by atoms with van der Waals surface area (Å²) in [7, 11) is 0. The van der Waals surface area contributed by atoms with E-state index in [-0.39, 0.29) is 5.56 Å². The van der Waals surface area contributed by atoms with Crippen LogP contribution < -0.4 is 5.73 Å². The number of hydrogen-bond acceptors (Lipinski definition) is 2. The Balaban J connectivity index is 2.60. The average molecular weight is 283 g/mol. The molecule has 0 aliphatic carbocycles. The summed E-state index contributed by atoms with van der Waals surface area (Å²) in [6.07, 6.45) is 0. The molecule has 0 fully saturated rings. The lowest BCUT2D eigenvalue weighted by atomic mass is 10.00. The number of aryl methyl sites for hydroxylation is 1. The molecule has 0 saturated heterocycles. The van der Waals surface area contributed by atoms with Gasteiger partial charge in [-0.2, -0.15) is 0 Å². The molecule has 0 saturated carbocycles. The standard InChI is InChI=1S/C14H9F4NO/c1-6-2-11(17)8(5-10(6)16)14(20)9-3-7(15)4-12(19)13(9)18/h2-5H,19H2,1H3. The van der Waals surface area contributed by atoms with Gasteiger partial charge in [0.2, 0.25) is 0 Å². The van der Waals surface area contributed by atoms with Gasteiger partial charge in [0, 0.05) is 0 Å². The van der Waals surface area contributed by atoms with E-state index in [4.69, 9.17) is 5.73 Å². The van der Waals surface area contributed by atoms with Crippen LogP contribution in [0, 0.1) is 30.2 Å². The summed E-state index contributed by atoms with van der Waals surface area (Å²) in [5, 5.41) is 0. The first-order valence-corrected chi connectivity index (χ1v) is 5.56. The van der Waals surface area contributed by atoms with Crippen LogP contribution in [-0.4, -0.2) is 5.78 Å². The van der Waals surface area contributed by atoms with Gasteiger partial charge in [0.25, 0.3) is 0 Å². The Hall–Kier alpha value is -2.37. The summed E-state index contributed by atoms with van der Waals surface area (Å²) in [5.74, 6) is -5.13. The molecular weight excluding hydrogens is 274 g/mol. The van der Waals surface area contributed by atoms with Gasteiger partial charge in [0.05, 0.1) is 16.8 Å². The van der Waals surface area contributed by atoms with Crippen molar-refractivity contribution >= 4 is 11.5 Å². The fourth-order valence-corrected chi connectivity index (χ4v) is 1.74. The topological polar surface area (TPSA) is 43.1 Å². The van der Waals surface area contributed by atoms with Gasteiger partial charge in [-0.05, 0) is 36.8 Å². The number of nitrogen functional groups attached to an aromatic ring is 1. The minimum absolute atomic E-state index is 0.00159. The molecule has 0 spiro atoms. The van der Waals surface area contributed by atoms with Crippen LogP contribution in [0.15, 0.2) is 24.3 Å². The van der Waals surface area contributed by atoms with E-state index in [1.54, 1.807) is 0 Å². The van der Waals surface area contributed by atoms with Crippen molar-refractivity contribution in [1.29, 1.82) is 0 Å². The predicted molar refractivity (Wildman–Crippen MR) is 65.3 cm³/mol. The van der Waals surface area contributed by atoms with E-state index in [0.717, 1.165) is 6.07 Å². The summed E-state index contributed by atoms with van der Waals surface area (Å²) in [5.41, 5.74) is 3.18. The lowest BCUT2D eigenvalue weighted by Crippen LogP contribution is -2.10. The number of rotatable bonds is 2. The maximum Gasteiger partial charge on any atom is 0.199 e. The quantitative estimate of drug-likeness (QED) is 0.521. The van der Waals surface area contributed by atoms with Gasteiger partial charge >= 0.3 is 0 Å². The molecule has 2 rings (SSSR count). The lowest BCUT2D eigenvalue weighted by molar-refractivity contribution is 0.103. The van der Waals surface area contributed by atoms with Gasteiger partial charge in [-0.3, -0.25) is 4.79 Å². The van der Waals surface area contributed by atoms with E-state index in [2.05, 4.69) is 0 Å². The number of carbonyl (C=O) groups is 1. The second-order valence-corrected chi connectivity index (χ2v) is 4.27. The van der Waals surface area contributed by atoms with Gasteiger partial charge in [-0.25, -0.2) is 17.6 Å². The lowest BCUT2D eigenvalue weighted by Gasteiger charge is -2.07. The maximum atomic E-state index is 13.7. The first kappa shape index (κ1) is 14.0. The van der Waals surface area contributed by atoms with Gasteiger partial charge < -0.3 is 5.73 Å². The van der Waals surface area contributed by atoms with Crippen LogP contribution in [0.5, 0.6) is 0 Å². The molecule has 0 aromatic heterocycles. The highest BCUT2D eigenvalue weighted by Gasteiger charge is 2.21. The average Bonchev–Trinajstić information content (AvgIpc) is 2.37. The fourth-order valence-electron chi connectivity index (χ4n) is 1.74. The first-order chi connectivity index (χ1) is 9.31. The zero-order valence-corrected chi connectivity index (χ0v) is 10.3. The van der Waals surface area contributed by atoms with E-state index in [1.165, 1.54) is 6.92 Å². The molecule has 104 valence electrons. The molecule has 2 aromatic rings. The zero-order chi connectivity index (χ0) is 15.0. The van der Waals surface area contributed by atoms with Crippen molar-refractivity contribution in [3.05, 3.63) is 64.2 Å². The number of carbonyl (C=O) groups excluding carboxylic acids is 1. The molecule has 20 heavy (non-hydrogen) atoms. The normalized spacial score (nSPS) is 10.7. The molecule has 2 nitrogen and oxygen atoms in total. The van der Waals surface area contributed by atoms with Gasteiger partial charge in [0.15, 0.2) is 11.6 Å². The van der Waals surface area contributed by atoms with E-state index in [0.29, 0.717) is 18.2 Å². The van der Waals surface area contributed by atoms with Gasteiger partial charge in [0.1, 0.15) is 17.5 Å². The molecule has 2 aromatic carbocycles. The van der Waals surface area contributed by atoms with E-state index >= 15 is 0 Å². The highest BCUT2D eigenvalue weighted by molar-refractivity contribution is 6.09. The minimum atomic E-state index is -1.18. The van der Waals surface area contributed by atoms with Crippen molar-refractivity contribution in [2.24, 2.45) is 0 Å². The third-order valence-corrected chi connectivity index (χ3v) is 2.80.